The second-order valence-electron chi connectivity index (χ2n) is 6.09. The second kappa shape index (κ2) is 6.91. The fourth-order valence-electron chi connectivity index (χ4n) is 3.03. The van der Waals surface area contributed by atoms with Gasteiger partial charge in [-0.05, 0) is 30.7 Å². The highest BCUT2D eigenvalue weighted by atomic mass is 16.1. The molecule has 4 rings (SSSR count). The monoisotopic (exact) mass is 361 g/mol. The second-order valence-corrected chi connectivity index (χ2v) is 6.09. The predicted molar refractivity (Wildman–Crippen MR) is 104 cm³/mol. The number of nitrogens with one attached hydrogen (secondary N) is 1. The molecule has 27 heavy (non-hydrogen) atoms. The standard InChI is InChI=1S/C19H19N7O/c1-2-14(23-16-11-15(20)21-12-22-16)18-24-17-9-6-10-25(17)19(27)26(18)13-7-4-3-5-8-13/h3-12,14H,2H2,1H3,(H3,20,21,22,23). The maximum absolute atomic E-state index is 13.2. The van der Waals surface area contributed by atoms with Crippen molar-refractivity contribution in [1.29, 1.82) is 0 Å². The largest absolute Gasteiger partial charge is 0.384 e. The minimum atomic E-state index is -0.243. The Bertz CT molecular complexity index is 1130. The van der Waals surface area contributed by atoms with Crippen LogP contribution >= 0.6 is 0 Å². The lowest BCUT2D eigenvalue weighted by Crippen LogP contribution is -2.32. The summed E-state index contributed by atoms with van der Waals surface area (Å²) < 4.78 is 3.16. The van der Waals surface area contributed by atoms with Crippen molar-refractivity contribution in [1.82, 2.24) is 23.9 Å². The lowest BCUT2D eigenvalue weighted by molar-refractivity contribution is 0.638. The van der Waals surface area contributed by atoms with Gasteiger partial charge in [-0.2, -0.15) is 0 Å². The Balaban J connectivity index is 1.89. The van der Waals surface area contributed by atoms with E-state index in [2.05, 4.69) is 15.3 Å². The van der Waals surface area contributed by atoms with E-state index < -0.39 is 0 Å². The average Bonchev–Trinajstić information content (AvgIpc) is 3.16. The molecule has 1 atom stereocenters. The molecule has 0 fully saturated rings. The van der Waals surface area contributed by atoms with Gasteiger partial charge < -0.3 is 11.1 Å². The summed E-state index contributed by atoms with van der Waals surface area (Å²) >= 11 is 0. The number of anilines is 2. The van der Waals surface area contributed by atoms with Crippen LogP contribution in [0.4, 0.5) is 11.6 Å². The Morgan fingerprint density at radius 1 is 1.15 bits per heavy atom. The molecule has 1 aromatic carbocycles. The third-order valence-electron chi connectivity index (χ3n) is 4.33. The van der Waals surface area contributed by atoms with Crippen LogP contribution in [0.1, 0.15) is 25.2 Å². The predicted octanol–water partition coefficient (Wildman–Crippen LogP) is 2.42. The van der Waals surface area contributed by atoms with Crippen LogP contribution in [0.5, 0.6) is 0 Å². The van der Waals surface area contributed by atoms with Crippen LogP contribution < -0.4 is 16.7 Å². The van der Waals surface area contributed by atoms with Crippen LogP contribution in [-0.2, 0) is 0 Å². The zero-order valence-corrected chi connectivity index (χ0v) is 14.8. The molecule has 8 heteroatoms. The highest BCUT2D eigenvalue weighted by Crippen LogP contribution is 2.22. The molecule has 0 bridgehead atoms. The van der Waals surface area contributed by atoms with Crippen molar-refractivity contribution in [3.8, 4) is 5.69 Å². The van der Waals surface area contributed by atoms with Gasteiger partial charge in [0.25, 0.3) is 0 Å². The number of hydrogen-bond donors (Lipinski definition) is 2. The zero-order chi connectivity index (χ0) is 18.8. The first-order chi connectivity index (χ1) is 13.2. The van der Waals surface area contributed by atoms with Crippen molar-refractivity contribution >= 4 is 17.3 Å². The molecule has 0 spiro atoms. The van der Waals surface area contributed by atoms with Gasteiger partial charge >= 0.3 is 5.69 Å². The van der Waals surface area contributed by atoms with Gasteiger partial charge in [-0.15, -0.1) is 0 Å². The molecule has 0 aliphatic carbocycles. The van der Waals surface area contributed by atoms with Crippen molar-refractivity contribution in [2.24, 2.45) is 0 Å². The summed E-state index contributed by atoms with van der Waals surface area (Å²) in [5.74, 6) is 1.56. The molecule has 0 radical (unpaired) electrons. The van der Waals surface area contributed by atoms with Crippen LogP contribution in [0.3, 0.4) is 0 Å². The molecule has 0 saturated carbocycles. The molecular formula is C19H19N7O. The van der Waals surface area contributed by atoms with Crippen LogP contribution in [0.15, 0.2) is 65.8 Å². The summed E-state index contributed by atoms with van der Waals surface area (Å²) in [6.07, 6.45) is 3.81. The molecular weight excluding hydrogens is 342 g/mol. The normalized spacial score (nSPS) is 12.2. The van der Waals surface area contributed by atoms with Crippen molar-refractivity contribution in [2.45, 2.75) is 19.4 Å². The first kappa shape index (κ1) is 16.8. The summed E-state index contributed by atoms with van der Waals surface area (Å²) in [7, 11) is 0. The number of rotatable bonds is 5. The number of para-hydroxylation sites is 1. The molecule has 0 aliphatic heterocycles. The van der Waals surface area contributed by atoms with Gasteiger partial charge in [-0.1, -0.05) is 25.1 Å². The third-order valence-corrected chi connectivity index (χ3v) is 4.33. The topological polar surface area (TPSA) is 103 Å². The summed E-state index contributed by atoms with van der Waals surface area (Å²) in [4.78, 5) is 26.0. The Hall–Kier alpha value is -3.68. The number of nitrogens with zero attached hydrogens (tertiary/aromatic N) is 5. The lowest BCUT2D eigenvalue weighted by Gasteiger charge is -2.21. The van der Waals surface area contributed by atoms with E-state index >= 15 is 0 Å². The lowest BCUT2D eigenvalue weighted by atomic mass is 10.2. The third kappa shape index (κ3) is 3.12. The smallest absolute Gasteiger partial charge is 0.339 e. The molecule has 1 unspecified atom stereocenters. The molecule has 4 aromatic rings. The van der Waals surface area contributed by atoms with Gasteiger partial charge in [0, 0.05) is 12.3 Å². The Morgan fingerprint density at radius 3 is 2.70 bits per heavy atom. The number of aromatic nitrogens is 5. The van der Waals surface area contributed by atoms with Crippen molar-refractivity contribution in [2.75, 3.05) is 11.1 Å². The van der Waals surface area contributed by atoms with Crippen LogP contribution in [0, 0.1) is 0 Å². The van der Waals surface area contributed by atoms with Crippen LogP contribution in [-0.4, -0.2) is 23.9 Å². The summed E-state index contributed by atoms with van der Waals surface area (Å²) in [6.45, 7) is 2.02. The van der Waals surface area contributed by atoms with Gasteiger partial charge in [0.15, 0.2) is 0 Å². The van der Waals surface area contributed by atoms with Crippen LogP contribution in [0.2, 0.25) is 0 Å². The fourth-order valence-corrected chi connectivity index (χ4v) is 3.03. The molecule has 0 saturated heterocycles. The van der Waals surface area contributed by atoms with Crippen molar-refractivity contribution in [3.05, 3.63) is 77.4 Å². The van der Waals surface area contributed by atoms with Crippen LogP contribution in [0.25, 0.3) is 11.3 Å². The number of nitrogens with two attached hydrogens (primary N) is 1. The van der Waals surface area contributed by atoms with Crippen molar-refractivity contribution in [3.63, 3.8) is 0 Å². The summed E-state index contributed by atoms with van der Waals surface area (Å²) in [5, 5.41) is 3.32. The van der Waals surface area contributed by atoms with Gasteiger partial charge in [0.1, 0.15) is 29.4 Å². The van der Waals surface area contributed by atoms with Gasteiger partial charge in [0.2, 0.25) is 0 Å². The molecule has 8 nitrogen and oxygen atoms in total. The zero-order valence-electron chi connectivity index (χ0n) is 14.8. The number of benzene rings is 1. The van der Waals surface area contributed by atoms with E-state index in [4.69, 9.17) is 10.7 Å². The van der Waals surface area contributed by atoms with E-state index in [0.29, 0.717) is 29.5 Å². The van der Waals surface area contributed by atoms with Gasteiger partial charge in [0.05, 0.1) is 11.7 Å². The Morgan fingerprint density at radius 2 is 1.96 bits per heavy atom. The number of hydrogen-bond acceptors (Lipinski definition) is 6. The Kier molecular flexibility index (Phi) is 4.29. The van der Waals surface area contributed by atoms with E-state index in [1.807, 2.05) is 49.4 Å². The summed E-state index contributed by atoms with van der Waals surface area (Å²) in [5.41, 5.74) is 6.94. The Labute approximate surface area is 155 Å². The SMILES string of the molecule is CCC(Nc1cc(N)ncn1)c1nc2cccn2c(=O)n1-c1ccccc1. The maximum atomic E-state index is 13.2. The molecule has 3 N–H and O–H groups in total. The van der Waals surface area contributed by atoms with E-state index in [9.17, 15) is 4.79 Å². The van der Waals surface area contributed by atoms with E-state index in [1.54, 1.807) is 16.8 Å². The number of nitrogen functional groups attached to an aromatic ring is 1. The average molecular weight is 361 g/mol. The molecule has 3 aromatic heterocycles. The quantitative estimate of drug-likeness (QED) is 0.566. The highest BCUT2D eigenvalue weighted by molar-refractivity contribution is 5.46. The van der Waals surface area contributed by atoms with E-state index in [1.165, 1.54) is 10.7 Å². The number of fused-ring (bicyclic) bond motifs is 1. The maximum Gasteiger partial charge on any atom is 0.339 e. The van der Waals surface area contributed by atoms with Gasteiger partial charge in [-0.25, -0.2) is 24.3 Å². The van der Waals surface area contributed by atoms with E-state index in [-0.39, 0.29) is 11.7 Å². The highest BCUT2D eigenvalue weighted by Gasteiger charge is 2.20. The molecule has 0 amide bonds. The van der Waals surface area contributed by atoms with Crippen molar-refractivity contribution < 1.29 is 0 Å². The first-order valence-electron chi connectivity index (χ1n) is 8.67. The first-order valence-corrected chi connectivity index (χ1v) is 8.67. The minimum absolute atomic E-state index is 0.173. The molecule has 136 valence electrons. The van der Waals surface area contributed by atoms with Gasteiger partial charge in [-0.3, -0.25) is 4.40 Å². The summed E-state index contributed by atoms with van der Waals surface area (Å²) in [6, 6.07) is 14.5. The molecule has 0 aliphatic rings. The van der Waals surface area contributed by atoms with E-state index in [0.717, 1.165) is 5.69 Å². The fraction of sp³-hybridized carbons (Fsp3) is 0.158. The minimum Gasteiger partial charge on any atom is -0.384 e. The molecule has 3 heterocycles.